The summed E-state index contributed by atoms with van der Waals surface area (Å²) >= 11 is 5.14. The maximum Gasteiger partial charge on any atom is 0.407 e. The SMILES string of the molecule is CN(Cc1cc(Br)cs1)C(CN)CNC(=O)OC(C)(C)C. The third kappa shape index (κ3) is 7.26. The zero-order chi connectivity index (χ0) is 16.0. The van der Waals surface area contributed by atoms with Gasteiger partial charge in [-0.3, -0.25) is 4.90 Å². The van der Waals surface area contributed by atoms with E-state index in [1.54, 1.807) is 11.3 Å². The number of alkyl carbamates (subject to hydrolysis) is 1. The standard InChI is InChI=1S/C14H24BrN3O2S/c1-14(2,3)20-13(19)17-7-11(6-16)18(4)8-12-5-10(15)9-21-12/h5,9,11H,6-8,16H2,1-4H3,(H,17,19). The number of rotatable bonds is 6. The van der Waals surface area contributed by atoms with Crippen LogP contribution in [0.25, 0.3) is 0 Å². The molecule has 0 aliphatic carbocycles. The number of halogens is 1. The van der Waals surface area contributed by atoms with Gasteiger partial charge in [-0.1, -0.05) is 0 Å². The number of nitrogens with two attached hydrogens (primary N) is 1. The van der Waals surface area contributed by atoms with Gasteiger partial charge in [-0.2, -0.15) is 0 Å². The second-order valence-electron chi connectivity index (χ2n) is 5.92. The molecule has 21 heavy (non-hydrogen) atoms. The first-order valence-corrected chi connectivity index (χ1v) is 8.48. The molecular weight excluding hydrogens is 354 g/mol. The Kier molecular flexibility index (Phi) is 7.12. The Bertz CT molecular complexity index is 459. The lowest BCUT2D eigenvalue weighted by molar-refractivity contribution is 0.0511. The monoisotopic (exact) mass is 377 g/mol. The fourth-order valence-electron chi connectivity index (χ4n) is 1.75. The molecule has 0 saturated carbocycles. The first-order chi connectivity index (χ1) is 9.71. The number of nitrogens with zero attached hydrogens (tertiary/aromatic N) is 1. The number of thiophene rings is 1. The second-order valence-corrected chi connectivity index (χ2v) is 7.83. The van der Waals surface area contributed by atoms with Crippen molar-refractivity contribution in [2.24, 2.45) is 5.73 Å². The van der Waals surface area contributed by atoms with E-state index in [0.717, 1.165) is 11.0 Å². The van der Waals surface area contributed by atoms with Crippen molar-refractivity contribution < 1.29 is 9.53 Å². The highest BCUT2D eigenvalue weighted by atomic mass is 79.9. The molecule has 0 aliphatic heterocycles. The highest BCUT2D eigenvalue weighted by Gasteiger charge is 2.19. The van der Waals surface area contributed by atoms with Crippen LogP contribution in [0.5, 0.6) is 0 Å². The Morgan fingerprint density at radius 1 is 1.57 bits per heavy atom. The highest BCUT2D eigenvalue weighted by Crippen LogP contribution is 2.21. The van der Waals surface area contributed by atoms with Gasteiger partial charge >= 0.3 is 6.09 Å². The minimum atomic E-state index is -0.489. The lowest BCUT2D eigenvalue weighted by Crippen LogP contribution is -2.46. The summed E-state index contributed by atoms with van der Waals surface area (Å²) in [5.41, 5.74) is 5.32. The molecular formula is C14H24BrN3O2S. The van der Waals surface area contributed by atoms with E-state index in [0.29, 0.717) is 13.1 Å². The van der Waals surface area contributed by atoms with Crippen LogP contribution in [0.15, 0.2) is 15.9 Å². The molecule has 1 rings (SSSR count). The molecule has 0 radical (unpaired) electrons. The molecule has 0 aromatic carbocycles. The molecule has 3 N–H and O–H groups in total. The molecule has 0 fully saturated rings. The maximum absolute atomic E-state index is 11.7. The molecule has 0 aliphatic rings. The topological polar surface area (TPSA) is 67.6 Å². The first-order valence-electron chi connectivity index (χ1n) is 6.81. The number of carbonyl (C=O) groups excluding carboxylic acids is 1. The van der Waals surface area contributed by atoms with E-state index in [1.165, 1.54) is 4.88 Å². The minimum absolute atomic E-state index is 0.0680. The summed E-state index contributed by atoms with van der Waals surface area (Å²) < 4.78 is 6.31. The van der Waals surface area contributed by atoms with Gasteiger partial charge in [0.15, 0.2) is 0 Å². The van der Waals surface area contributed by atoms with Crippen molar-refractivity contribution >= 4 is 33.4 Å². The van der Waals surface area contributed by atoms with Crippen molar-refractivity contribution in [1.82, 2.24) is 10.2 Å². The smallest absolute Gasteiger partial charge is 0.407 e. The van der Waals surface area contributed by atoms with Gasteiger partial charge in [0.1, 0.15) is 5.60 Å². The molecule has 1 aromatic rings. The van der Waals surface area contributed by atoms with Crippen LogP contribution in [0.2, 0.25) is 0 Å². The van der Waals surface area contributed by atoms with E-state index in [4.69, 9.17) is 10.5 Å². The molecule has 5 nitrogen and oxygen atoms in total. The van der Waals surface area contributed by atoms with Crippen LogP contribution in [0.1, 0.15) is 25.6 Å². The largest absolute Gasteiger partial charge is 0.444 e. The summed E-state index contributed by atoms with van der Waals surface area (Å²) in [5, 5.41) is 4.83. The van der Waals surface area contributed by atoms with Gasteiger partial charge in [-0.25, -0.2) is 4.79 Å². The summed E-state index contributed by atoms with van der Waals surface area (Å²) in [6.07, 6.45) is -0.409. The summed E-state index contributed by atoms with van der Waals surface area (Å²) in [6, 6.07) is 2.16. The normalized spacial score (nSPS) is 13.3. The van der Waals surface area contributed by atoms with Gasteiger partial charge in [0.25, 0.3) is 0 Å². The van der Waals surface area contributed by atoms with E-state index >= 15 is 0 Å². The number of amides is 1. The number of hydrogen-bond acceptors (Lipinski definition) is 5. The van der Waals surface area contributed by atoms with Crippen LogP contribution in [0.4, 0.5) is 4.79 Å². The van der Waals surface area contributed by atoms with Crippen molar-refractivity contribution in [3.8, 4) is 0 Å². The number of likely N-dealkylation sites (N-methyl/N-ethyl adjacent to an activating group) is 1. The van der Waals surface area contributed by atoms with Gasteiger partial charge in [-0.15, -0.1) is 11.3 Å². The van der Waals surface area contributed by atoms with Crippen molar-refractivity contribution in [3.05, 3.63) is 20.8 Å². The van der Waals surface area contributed by atoms with E-state index in [2.05, 4.69) is 37.6 Å². The summed E-state index contributed by atoms with van der Waals surface area (Å²) in [7, 11) is 2.00. The van der Waals surface area contributed by atoms with E-state index in [1.807, 2.05) is 27.8 Å². The molecule has 1 amide bonds. The molecule has 0 saturated heterocycles. The van der Waals surface area contributed by atoms with Crippen LogP contribution in [0.3, 0.4) is 0 Å². The van der Waals surface area contributed by atoms with Crippen molar-refractivity contribution in [3.63, 3.8) is 0 Å². The Morgan fingerprint density at radius 2 is 2.24 bits per heavy atom. The summed E-state index contributed by atoms with van der Waals surface area (Å²) in [6.45, 7) is 7.26. The maximum atomic E-state index is 11.7. The van der Waals surface area contributed by atoms with E-state index in [-0.39, 0.29) is 6.04 Å². The van der Waals surface area contributed by atoms with Crippen molar-refractivity contribution in [2.75, 3.05) is 20.1 Å². The van der Waals surface area contributed by atoms with Gasteiger partial charge < -0.3 is 15.8 Å². The molecule has 1 unspecified atom stereocenters. The highest BCUT2D eigenvalue weighted by molar-refractivity contribution is 9.10. The van der Waals surface area contributed by atoms with Crippen LogP contribution >= 0.6 is 27.3 Å². The zero-order valence-corrected chi connectivity index (χ0v) is 15.4. The van der Waals surface area contributed by atoms with Crippen LogP contribution in [-0.2, 0) is 11.3 Å². The Labute approximate surface area is 139 Å². The van der Waals surface area contributed by atoms with Crippen LogP contribution in [-0.4, -0.2) is 42.8 Å². The van der Waals surface area contributed by atoms with E-state index < -0.39 is 11.7 Å². The molecule has 1 aromatic heterocycles. The van der Waals surface area contributed by atoms with Gasteiger partial charge in [0.05, 0.1) is 0 Å². The average molecular weight is 378 g/mol. The number of nitrogens with one attached hydrogen (secondary N) is 1. The molecule has 120 valence electrons. The summed E-state index contributed by atoms with van der Waals surface area (Å²) in [5.74, 6) is 0. The number of carbonyl (C=O) groups is 1. The third-order valence-corrected chi connectivity index (χ3v) is 4.49. The lowest BCUT2D eigenvalue weighted by atomic mass is 10.2. The Balaban J connectivity index is 2.45. The minimum Gasteiger partial charge on any atom is -0.444 e. The first kappa shape index (κ1) is 18.4. The zero-order valence-electron chi connectivity index (χ0n) is 13.0. The Hall–Kier alpha value is -0.630. The Morgan fingerprint density at radius 3 is 2.71 bits per heavy atom. The molecule has 1 heterocycles. The van der Waals surface area contributed by atoms with Gasteiger partial charge in [0.2, 0.25) is 0 Å². The fraction of sp³-hybridized carbons (Fsp3) is 0.643. The summed E-state index contributed by atoms with van der Waals surface area (Å²) in [4.78, 5) is 15.1. The number of hydrogen-bond donors (Lipinski definition) is 2. The molecule has 1 atom stereocenters. The van der Waals surface area contributed by atoms with E-state index in [9.17, 15) is 4.79 Å². The predicted molar refractivity (Wildman–Crippen MR) is 90.6 cm³/mol. The predicted octanol–water partition coefficient (Wildman–Crippen LogP) is 2.79. The molecule has 0 bridgehead atoms. The van der Waals surface area contributed by atoms with Crippen molar-refractivity contribution in [2.45, 2.75) is 39.0 Å². The average Bonchev–Trinajstić information content (AvgIpc) is 2.73. The fourth-order valence-corrected chi connectivity index (χ4v) is 3.26. The van der Waals surface area contributed by atoms with Crippen LogP contribution < -0.4 is 11.1 Å². The van der Waals surface area contributed by atoms with Gasteiger partial charge in [-0.05, 0) is 49.8 Å². The second kappa shape index (κ2) is 8.12. The molecule has 7 heteroatoms. The van der Waals surface area contributed by atoms with Crippen molar-refractivity contribution in [1.29, 1.82) is 0 Å². The number of ether oxygens (including phenoxy) is 1. The van der Waals surface area contributed by atoms with Crippen LogP contribution in [0, 0.1) is 0 Å². The lowest BCUT2D eigenvalue weighted by Gasteiger charge is -2.27. The van der Waals surface area contributed by atoms with Gasteiger partial charge in [0, 0.05) is 40.4 Å². The quantitative estimate of drug-likeness (QED) is 0.799. The third-order valence-electron chi connectivity index (χ3n) is 2.80. The molecule has 0 spiro atoms.